The van der Waals surface area contributed by atoms with Crippen LogP contribution in [-0.4, -0.2) is 34.9 Å². The van der Waals surface area contributed by atoms with Gasteiger partial charge in [0.2, 0.25) is 0 Å². The number of carbonyl (C=O) groups excluding carboxylic acids is 1. The van der Waals surface area contributed by atoms with E-state index in [0.29, 0.717) is 0 Å². The lowest BCUT2D eigenvalue weighted by Gasteiger charge is -2.00. The zero-order valence-electron chi connectivity index (χ0n) is 6.02. The van der Waals surface area contributed by atoms with Gasteiger partial charge in [0.05, 0.1) is 12.4 Å². The molecule has 6 nitrogen and oxygen atoms in total. The second-order valence-electron chi connectivity index (χ2n) is 1.76. The van der Waals surface area contributed by atoms with E-state index >= 15 is 0 Å². The minimum absolute atomic E-state index is 0.165. The van der Waals surface area contributed by atoms with Gasteiger partial charge in [0, 0.05) is 7.11 Å². The van der Waals surface area contributed by atoms with Crippen LogP contribution in [0.25, 0.3) is 0 Å². The van der Waals surface area contributed by atoms with Crippen LogP contribution in [0.1, 0.15) is 0 Å². The number of hydrogen-bond donors (Lipinski definition) is 1. The van der Waals surface area contributed by atoms with Crippen molar-refractivity contribution in [1.29, 1.82) is 0 Å². The summed E-state index contributed by atoms with van der Waals surface area (Å²) < 4.78 is 5.70. The molecule has 0 spiro atoms. The highest BCUT2D eigenvalue weighted by Crippen LogP contribution is 1.78. The van der Waals surface area contributed by atoms with E-state index in [1.165, 1.54) is 19.5 Å². The van der Waals surface area contributed by atoms with Crippen molar-refractivity contribution in [3.05, 3.63) is 12.4 Å². The molecule has 0 saturated heterocycles. The molecule has 1 N–H and O–H groups in total. The fourth-order valence-electron chi connectivity index (χ4n) is 0.531. The van der Waals surface area contributed by atoms with Gasteiger partial charge < -0.3 is 10.1 Å². The van der Waals surface area contributed by atoms with Crippen molar-refractivity contribution in [3.63, 3.8) is 0 Å². The fourth-order valence-corrected chi connectivity index (χ4v) is 0.531. The van der Waals surface area contributed by atoms with Crippen LogP contribution >= 0.6 is 0 Å². The highest BCUT2D eigenvalue weighted by molar-refractivity contribution is 5.75. The normalized spacial score (nSPS) is 9.55. The number of nitrogens with one attached hydrogen (secondary N) is 1. The second-order valence-corrected chi connectivity index (χ2v) is 1.76. The number of methoxy groups -OCH3 is 1. The van der Waals surface area contributed by atoms with Gasteiger partial charge in [-0.15, -0.1) is 5.10 Å². The Hall–Kier alpha value is -1.43. The van der Waals surface area contributed by atoms with Crippen molar-refractivity contribution in [2.75, 3.05) is 13.8 Å². The van der Waals surface area contributed by atoms with Gasteiger partial charge in [-0.05, 0) is 0 Å². The molecule has 1 heterocycles. The Labute approximate surface area is 63.1 Å². The highest BCUT2D eigenvalue weighted by atomic mass is 16.5. The lowest BCUT2D eigenvalue weighted by Crippen LogP contribution is -2.30. The molecule has 11 heavy (non-hydrogen) atoms. The summed E-state index contributed by atoms with van der Waals surface area (Å²) in [6, 6.07) is -0.357. The van der Waals surface area contributed by atoms with Crippen molar-refractivity contribution < 1.29 is 9.53 Å². The maximum Gasteiger partial charge on any atom is 0.345 e. The quantitative estimate of drug-likeness (QED) is 0.583. The van der Waals surface area contributed by atoms with Crippen LogP contribution in [0.2, 0.25) is 0 Å². The van der Waals surface area contributed by atoms with Gasteiger partial charge in [-0.1, -0.05) is 5.21 Å². The first-order chi connectivity index (χ1) is 5.34. The standard InChI is InChI=1S/C5H8N4O2/c1-11-4-6-5(10)9-3-2-7-8-9/h2-3H,4H2,1H3,(H,6,10). The summed E-state index contributed by atoms with van der Waals surface area (Å²) in [6.45, 7) is 0.165. The van der Waals surface area contributed by atoms with Gasteiger partial charge in [-0.3, -0.25) is 0 Å². The predicted octanol–water partition coefficient (Wildman–Crippen LogP) is -0.560. The third-order valence-electron chi connectivity index (χ3n) is 0.998. The number of aromatic nitrogens is 3. The molecule has 1 amide bonds. The molecule has 1 aromatic rings. The van der Waals surface area contributed by atoms with Crippen molar-refractivity contribution in [1.82, 2.24) is 20.3 Å². The van der Waals surface area contributed by atoms with Gasteiger partial charge in [-0.25, -0.2) is 4.79 Å². The van der Waals surface area contributed by atoms with Crippen LogP contribution < -0.4 is 5.32 Å². The third kappa shape index (κ3) is 2.01. The molecule has 60 valence electrons. The SMILES string of the molecule is COCNC(=O)n1ccnn1. The minimum Gasteiger partial charge on any atom is -0.364 e. The molecular weight excluding hydrogens is 148 g/mol. The van der Waals surface area contributed by atoms with Crippen LogP contribution in [0, 0.1) is 0 Å². The Morgan fingerprint density at radius 3 is 3.18 bits per heavy atom. The van der Waals surface area contributed by atoms with E-state index in [9.17, 15) is 4.79 Å². The zero-order chi connectivity index (χ0) is 8.10. The average molecular weight is 156 g/mol. The smallest absolute Gasteiger partial charge is 0.345 e. The van der Waals surface area contributed by atoms with Crippen LogP contribution in [0.4, 0.5) is 4.79 Å². The van der Waals surface area contributed by atoms with Gasteiger partial charge in [0.25, 0.3) is 0 Å². The summed E-state index contributed by atoms with van der Waals surface area (Å²) in [5, 5.41) is 9.36. The van der Waals surface area contributed by atoms with Crippen molar-refractivity contribution in [2.45, 2.75) is 0 Å². The van der Waals surface area contributed by atoms with E-state index < -0.39 is 0 Å². The molecule has 0 aromatic carbocycles. The van der Waals surface area contributed by atoms with Gasteiger partial charge in [0.1, 0.15) is 6.73 Å². The second kappa shape index (κ2) is 3.67. The fraction of sp³-hybridized carbons (Fsp3) is 0.400. The largest absolute Gasteiger partial charge is 0.364 e. The van der Waals surface area contributed by atoms with Crippen molar-refractivity contribution >= 4 is 6.03 Å². The number of nitrogens with zero attached hydrogens (tertiary/aromatic N) is 3. The first kappa shape index (κ1) is 7.67. The van der Waals surface area contributed by atoms with E-state index in [-0.39, 0.29) is 12.8 Å². The average Bonchev–Trinajstić information content (AvgIpc) is 2.52. The van der Waals surface area contributed by atoms with Gasteiger partial charge in [0.15, 0.2) is 0 Å². The molecule has 0 saturated carbocycles. The van der Waals surface area contributed by atoms with E-state index in [1.807, 2.05) is 0 Å². The maximum absolute atomic E-state index is 10.9. The number of carbonyl (C=O) groups is 1. The molecule has 0 bridgehead atoms. The van der Waals surface area contributed by atoms with Crippen LogP contribution in [-0.2, 0) is 4.74 Å². The van der Waals surface area contributed by atoms with E-state index in [1.54, 1.807) is 0 Å². The molecule has 1 rings (SSSR count). The zero-order valence-corrected chi connectivity index (χ0v) is 6.02. The lowest BCUT2D eigenvalue weighted by molar-refractivity contribution is 0.172. The third-order valence-corrected chi connectivity index (χ3v) is 0.998. The molecule has 0 aliphatic carbocycles. The Balaban J connectivity index is 2.43. The molecule has 6 heteroatoms. The summed E-state index contributed by atoms with van der Waals surface area (Å²) in [4.78, 5) is 10.9. The summed E-state index contributed by atoms with van der Waals surface area (Å²) in [5.41, 5.74) is 0. The highest BCUT2D eigenvalue weighted by Gasteiger charge is 2.01. The van der Waals surface area contributed by atoms with Crippen LogP contribution in [0.15, 0.2) is 12.4 Å². The first-order valence-corrected chi connectivity index (χ1v) is 2.98. The van der Waals surface area contributed by atoms with Gasteiger partial charge in [-0.2, -0.15) is 4.68 Å². The van der Waals surface area contributed by atoms with Crippen LogP contribution in [0.3, 0.4) is 0 Å². The summed E-state index contributed by atoms with van der Waals surface area (Å²) in [6.07, 6.45) is 2.87. The minimum atomic E-state index is -0.357. The summed E-state index contributed by atoms with van der Waals surface area (Å²) in [5.74, 6) is 0. The molecule has 0 atom stereocenters. The maximum atomic E-state index is 10.9. The first-order valence-electron chi connectivity index (χ1n) is 2.98. The molecule has 0 aliphatic rings. The Morgan fingerprint density at radius 1 is 1.82 bits per heavy atom. The Kier molecular flexibility index (Phi) is 2.56. The molecule has 1 aromatic heterocycles. The molecule has 0 radical (unpaired) electrons. The summed E-state index contributed by atoms with van der Waals surface area (Å²) in [7, 11) is 1.49. The molecule has 0 unspecified atom stereocenters. The van der Waals surface area contributed by atoms with E-state index in [2.05, 4.69) is 20.4 Å². The monoisotopic (exact) mass is 156 g/mol. The number of amides is 1. The molecule has 0 fully saturated rings. The van der Waals surface area contributed by atoms with E-state index in [4.69, 9.17) is 0 Å². The number of ether oxygens (including phenoxy) is 1. The Morgan fingerprint density at radius 2 is 2.64 bits per heavy atom. The Bertz CT molecular complexity index is 220. The molecule has 0 aliphatic heterocycles. The van der Waals surface area contributed by atoms with Crippen LogP contribution in [0.5, 0.6) is 0 Å². The van der Waals surface area contributed by atoms with Crippen molar-refractivity contribution in [2.24, 2.45) is 0 Å². The number of rotatable bonds is 2. The molecular formula is C5H8N4O2. The predicted molar refractivity (Wildman–Crippen MR) is 35.8 cm³/mol. The van der Waals surface area contributed by atoms with E-state index in [0.717, 1.165) is 4.68 Å². The lowest BCUT2D eigenvalue weighted by atomic mass is 10.8. The van der Waals surface area contributed by atoms with Crippen molar-refractivity contribution in [3.8, 4) is 0 Å². The topological polar surface area (TPSA) is 69.0 Å². The van der Waals surface area contributed by atoms with Gasteiger partial charge >= 0.3 is 6.03 Å². The summed E-state index contributed by atoms with van der Waals surface area (Å²) >= 11 is 0. The number of hydrogen-bond acceptors (Lipinski definition) is 4.